The maximum Gasteiger partial charge on any atom is 0.274 e. The number of aryl methyl sites for hydroxylation is 2. The van der Waals surface area contributed by atoms with E-state index in [0.29, 0.717) is 15.8 Å². The largest absolute Gasteiger partial charge is 0.337 e. The van der Waals surface area contributed by atoms with Gasteiger partial charge in [0, 0.05) is 11.9 Å². The maximum atomic E-state index is 13.6. The maximum absolute atomic E-state index is 13.6. The van der Waals surface area contributed by atoms with Crippen molar-refractivity contribution in [2.75, 3.05) is 16.8 Å². The van der Waals surface area contributed by atoms with Crippen molar-refractivity contribution in [3.8, 4) is 0 Å². The van der Waals surface area contributed by atoms with Crippen LogP contribution in [0.2, 0.25) is 0 Å². The fraction of sp³-hybridized carbons (Fsp3) is 0.120. The summed E-state index contributed by atoms with van der Waals surface area (Å²) in [5.41, 5.74) is 4.75. The van der Waals surface area contributed by atoms with Crippen LogP contribution in [0.3, 0.4) is 0 Å². The molecule has 2 heterocycles. The van der Waals surface area contributed by atoms with Gasteiger partial charge in [0.25, 0.3) is 5.91 Å². The van der Waals surface area contributed by atoms with E-state index in [2.05, 4.69) is 13.0 Å². The van der Waals surface area contributed by atoms with Gasteiger partial charge in [0.1, 0.15) is 10.7 Å². The lowest BCUT2D eigenvalue weighted by atomic mass is 10.1. The van der Waals surface area contributed by atoms with Crippen molar-refractivity contribution in [3.05, 3.63) is 93.6 Å². The minimum Gasteiger partial charge on any atom is -0.337 e. The fourth-order valence-corrected chi connectivity index (χ4v) is 5.95. The first kappa shape index (κ1) is 20.8. The smallest absolute Gasteiger partial charge is 0.274 e. The minimum absolute atomic E-state index is 0.161. The van der Waals surface area contributed by atoms with Crippen LogP contribution >= 0.6 is 23.5 Å². The highest BCUT2D eigenvalue weighted by atomic mass is 32.2. The van der Waals surface area contributed by atoms with E-state index >= 15 is 0 Å². The predicted molar refractivity (Wildman–Crippen MR) is 132 cm³/mol. The topological polar surface area (TPSA) is 35.9 Å². The second-order valence-corrected chi connectivity index (χ2v) is 9.65. The van der Waals surface area contributed by atoms with Crippen LogP contribution in [0.25, 0.3) is 0 Å². The summed E-state index contributed by atoms with van der Waals surface area (Å²) in [5, 5.41) is 1.43. The summed E-state index contributed by atoms with van der Waals surface area (Å²) in [6, 6.07) is 20.0. The number of hydrogen-bond acceptors (Lipinski definition) is 5. The third kappa shape index (κ3) is 3.61. The average molecular weight is 462 g/mol. The van der Waals surface area contributed by atoms with Gasteiger partial charge < -0.3 is 4.90 Å². The molecule has 1 amide bonds. The molecular weight excluding hydrogens is 441 g/mol. The molecule has 160 valence electrons. The Bertz CT molecular complexity index is 1300. The van der Waals surface area contributed by atoms with Crippen LogP contribution in [0, 0.1) is 19.7 Å². The number of benzene rings is 3. The summed E-state index contributed by atoms with van der Waals surface area (Å²) >= 11 is 2.93. The number of thioether (sulfide) groups is 2. The van der Waals surface area contributed by atoms with Crippen LogP contribution in [0.15, 0.2) is 86.6 Å². The van der Waals surface area contributed by atoms with Crippen molar-refractivity contribution in [1.82, 2.24) is 0 Å². The summed E-state index contributed by atoms with van der Waals surface area (Å²) < 4.78 is 13.6. The molecule has 0 radical (unpaired) electrons. The Morgan fingerprint density at radius 2 is 1.66 bits per heavy atom. The Morgan fingerprint density at radius 3 is 2.38 bits per heavy atom. The number of aliphatic imine (C=N–C) groups is 1. The fourth-order valence-electron chi connectivity index (χ4n) is 3.60. The van der Waals surface area contributed by atoms with Crippen molar-refractivity contribution in [2.24, 2.45) is 4.99 Å². The zero-order valence-electron chi connectivity index (χ0n) is 17.8. The Morgan fingerprint density at radius 1 is 0.906 bits per heavy atom. The number of nitrogens with zero attached hydrogens (tertiary/aromatic N) is 3. The van der Waals surface area contributed by atoms with E-state index in [1.165, 1.54) is 29.5 Å². The van der Waals surface area contributed by atoms with Gasteiger partial charge in [-0.2, -0.15) is 0 Å². The zero-order chi connectivity index (χ0) is 22.4. The molecule has 2 aliphatic heterocycles. The number of para-hydroxylation sites is 1. The van der Waals surface area contributed by atoms with Crippen molar-refractivity contribution in [3.63, 3.8) is 0 Å². The Labute approximate surface area is 194 Å². The van der Waals surface area contributed by atoms with Gasteiger partial charge in [0.2, 0.25) is 0 Å². The Hall–Kier alpha value is -3.03. The molecule has 0 N–H and O–H groups in total. The molecule has 32 heavy (non-hydrogen) atoms. The van der Waals surface area contributed by atoms with Crippen LogP contribution in [-0.2, 0) is 4.79 Å². The van der Waals surface area contributed by atoms with Crippen molar-refractivity contribution >= 4 is 51.7 Å². The number of fused-ring (bicyclic) bond motifs is 1. The lowest BCUT2D eigenvalue weighted by Crippen LogP contribution is -2.29. The number of halogens is 1. The van der Waals surface area contributed by atoms with Gasteiger partial charge in [-0.15, -0.1) is 0 Å². The van der Waals surface area contributed by atoms with Gasteiger partial charge in [-0.3, -0.25) is 9.69 Å². The molecule has 1 fully saturated rings. The van der Waals surface area contributed by atoms with E-state index in [1.807, 2.05) is 55.3 Å². The van der Waals surface area contributed by atoms with E-state index in [4.69, 9.17) is 4.99 Å². The molecule has 0 aliphatic carbocycles. The molecule has 1 saturated heterocycles. The van der Waals surface area contributed by atoms with Crippen LogP contribution in [-0.4, -0.2) is 18.1 Å². The molecular formula is C25H20FN3OS2. The number of anilines is 2. The van der Waals surface area contributed by atoms with Crippen molar-refractivity contribution in [1.29, 1.82) is 0 Å². The van der Waals surface area contributed by atoms with E-state index in [9.17, 15) is 9.18 Å². The zero-order valence-corrected chi connectivity index (χ0v) is 19.4. The van der Waals surface area contributed by atoms with Crippen LogP contribution in [0.4, 0.5) is 21.5 Å². The summed E-state index contributed by atoms with van der Waals surface area (Å²) in [6.45, 7) is 4.09. The first-order valence-electron chi connectivity index (χ1n) is 10.1. The van der Waals surface area contributed by atoms with E-state index < -0.39 is 0 Å². The molecule has 3 aromatic carbocycles. The molecule has 0 unspecified atom stereocenters. The second-order valence-electron chi connectivity index (χ2n) is 7.65. The van der Waals surface area contributed by atoms with Crippen LogP contribution in [0.1, 0.15) is 11.1 Å². The highest BCUT2D eigenvalue weighted by Gasteiger charge is 2.40. The number of rotatable bonds is 2. The molecule has 2 aliphatic rings. The van der Waals surface area contributed by atoms with Gasteiger partial charge in [-0.05, 0) is 85.3 Å². The third-order valence-corrected chi connectivity index (χ3v) is 7.91. The van der Waals surface area contributed by atoms with Gasteiger partial charge in [-0.1, -0.05) is 30.0 Å². The molecule has 0 bridgehead atoms. The van der Waals surface area contributed by atoms with Gasteiger partial charge in [0.15, 0.2) is 5.17 Å². The molecule has 7 heteroatoms. The first-order chi connectivity index (χ1) is 15.4. The third-order valence-electron chi connectivity index (χ3n) is 5.51. The summed E-state index contributed by atoms with van der Waals surface area (Å²) in [7, 11) is 1.97. The number of amidine groups is 1. The predicted octanol–water partition coefficient (Wildman–Crippen LogP) is 6.62. The number of carbonyl (C=O) groups is 1. The van der Waals surface area contributed by atoms with Crippen molar-refractivity contribution in [2.45, 2.75) is 18.7 Å². The number of amides is 1. The lowest BCUT2D eigenvalue weighted by Gasteiger charge is -2.17. The highest BCUT2D eigenvalue weighted by molar-refractivity contribution is 8.20. The number of carbonyl (C=O) groups excluding carboxylic acids is 1. The van der Waals surface area contributed by atoms with Gasteiger partial charge in [0.05, 0.1) is 22.1 Å². The molecule has 4 nitrogen and oxygen atoms in total. The van der Waals surface area contributed by atoms with Crippen LogP contribution < -0.4 is 9.80 Å². The van der Waals surface area contributed by atoms with Crippen molar-refractivity contribution < 1.29 is 9.18 Å². The quantitative estimate of drug-likeness (QED) is 0.402. The van der Waals surface area contributed by atoms with E-state index in [1.54, 1.807) is 28.8 Å². The van der Waals surface area contributed by atoms with Gasteiger partial charge in [-0.25, -0.2) is 9.38 Å². The SMILES string of the molecule is Cc1ccc(N=C2SC(=C3Sc4ccccc4N3C)C(=O)N2c2ccc(F)cc2)cc1C. The summed E-state index contributed by atoms with van der Waals surface area (Å²) in [4.78, 5) is 23.8. The van der Waals surface area contributed by atoms with E-state index in [-0.39, 0.29) is 11.7 Å². The molecule has 3 aromatic rings. The first-order valence-corrected chi connectivity index (χ1v) is 11.7. The Balaban J connectivity index is 1.62. The normalized spacial score (nSPS) is 19.2. The average Bonchev–Trinajstić information content (AvgIpc) is 3.28. The van der Waals surface area contributed by atoms with Gasteiger partial charge >= 0.3 is 0 Å². The molecule has 0 saturated carbocycles. The van der Waals surface area contributed by atoms with Crippen LogP contribution in [0.5, 0.6) is 0 Å². The number of hydrogen-bond donors (Lipinski definition) is 0. The summed E-state index contributed by atoms with van der Waals surface area (Å²) in [6.07, 6.45) is 0. The molecule has 0 spiro atoms. The molecule has 0 aromatic heterocycles. The molecule has 0 atom stereocenters. The summed E-state index contributed by atoms with van der Waals surface area (Å²) in [5.74, 6) is -0.507. The lowest BCUT2D eigenvalue weighted by molar-refractivity contribution is -0.113. The highest BCUT2D eigenvalue weighted by Crippen LogP contribution is 2.50. The Kier molecular flexibility index (Phi) is 5.31. The monoisotopic (exact) mass is 461 g/mol. The minimum atomic E-state index is -0.346. The standard InChI is InChI=1S/C25H20FN3OS2/c1-15-8-11-18(14-16(15)2)27-25-29(19-12-9-17(26)10-13-19)23(30)22(32-25)24-28(3)20-6-4-5-7-21(20)31-24/h4-14H,1-3H3. The molecule has 5 rings (SSSR count). The second kappa shape index (κ2) is 8.15. The van der Waals surface area contributed by atoms with E-state index in [0.717, 1.165) is 26.9 Å².